The Kier molecular flexibility index (Phi) is 4.28. The molecule has 0 atom stereocenters. The number of benzene rings is 1. The van der Waals surface area contributed by atoms with Gasteiger partial charge >= 0.3 is 0 Å². The van der Waals surface area contributed by atoms with Gasteiger partial charge in [0.15, 0.2) is 0 Å². The first-order valence-corrected chi connectivity index (χ1v) is 7.22. The molecule has 0 saturated heterocycles. The second kappa shape index (κ2) is 5.75. The molecular formula is C16H26N2. The highest BCUT2D eigenvalue weighted by Gasteiger charge is 2.17. The van der Waals surface area contributed by atoms with E-state index in [1.54, 1.807) is 0 Å². The second-order valence-electron chi connectivity index (χ2n) is 5.97. The molecular weight excluding hydrogens is 220 g/mol. The molecule has 0 radical (unpaired) electrons. The standard InChI is InChI=1S/C16H26N2/c1-4-10-16(2,3)18-12-14-8-5-7-13-9-6-11-17-15(13)14/h5,7-8,17-18H,4,6,9-12H2,1-3H3. The lowest BCUT2D eigenvalue weighted by Gasteiger charge is -2.28. The van der Waals surface area contributed by atoms with E-state index in [1.165, 1.54) is 42.5 Å². The van der Waals surface area contributed by atoms with Crippen LogP contribution in [0.2, 0.25) is 0 Å². The van der Waals surface area contributed by atoms with Crippen LogP contribution in [0.4, 0.5) is 5.69 Å². The summed E-state index contributed by atoms with van der Waals surface area (Å²) >= 11 is 0. The minimum absolute atomic E-state index is 0.228. The predicted octanol–water partition coefficient (Wildman–Crippen LogP) is 3.71. The van der Waals surface area contributed by atoms with E-state index in [9.17, 15) is 0 Å². The molecule has 1 heterocycles. The molecule has 2 nitrogen and oxygen atoms in total. The molecule has 1 aliphatic heterocycles. The molecule has 100 valence electrons. The molecule has 0 unspecified atom stereocenters. The Morgan fingerprint density at radius 2 is 2.17 bits per heavy atom. The first kappa shape index (κ1) is 13.4. The Hall–Kier alpha value is -1.02. The quantitative estimate of drug-likeness (QED) is 0.827. The Balaban J connectivity index is 2.05. The van der Waals surface area contributed by atoms with Gasteiger partial charge < -0.3 is 10.6 Å². The minimum atomic E-state index is 0.228. The third-order valence-corrected chi connectivity index (χ3v) is 3.79. The number of nitrogens with one attached hydrogen (secondary N) is 2. The molecule has 0 aliphatic carbocycles. The summed E-state index contributed by atoms with van der Waals surface area (Å²) in [6, 6.07) is 6.68. The molecule has 1 aromatic carbocycles. The zero-order valence-corrected chi connectivity index (χ0v) is 12.0. The Labute approximate surface area is 111 Å². The lowest BCUT2D eigenvalue weighted by molar-refractivity contribution is 0.357. The van der Waals surface area contributed by atoms with Gasteiger partial charge in [-0.1, -0.05) is 31.5 Å². The average Bonchev–Trinajstić information content (AvgIpc) is 2.36. The molecule has 0 amide bonds. The molecule has 1 aliphatic rings. The van der Waals surface area contributed by atoms with Crippen molar-refractivity contribution < 1.29 is 0 Å². The third-order valence-electron chi connectivity index (χ3n) is 3.79. The Bertz CT molecular complexity index is 396. The zero-order valence-electron chi connectivity index (χ0n) is 12.0. The van der Waals surface area contributed by atoms with Crippen molar-refractivity contribution in [1.29, 1.82) is 0 Å². The largest absolute Gasteiger partial charge is 0.385 e. The number of hydrogen-bond acceptors (Lipinski definition) is 2. The summed E-state index contributed by atoms with van der Waals surface area (Å²) in [5.74, 6) is 0. The zero-order chi connectivity index (χ0) is 13.0. The van der Waals surface area contributed by atoms with Gasteiger partial charge in [-0.25, -0.2) is 0 Å². The molecule has 0 saturated carbocycles. The van der Waals surface area contributed by atoms with E-state index in [2.05, 4.69) is 49.6 Å². The van der Waals surface area contributed by atoms with Gasteiger partial charge in [0.05, 0.1) is 0 Å². The van der Waals surface area contributed by atoms with Gasteiger partial charge in [0.25, 0.3) is 0 Å². The molecule has 0 spiro atoms. The molecule has 0 bridgehead atoms. The molecule has 18 heavy (non-hydrogen) atoms. The van der Waals surface area contributed by atoms with Crippen LogP contribution in [0.5, 0.6) is 0 Å². The Morgan fingerprint density at radius 1 is 1.33 bits per heavy atom. The molecule has 2 N–H and O–H groups in total. The second-order valence-corrected chi connectivity index (χ2v) is 5.97. The monoisotopic (exact) mass is 246 g/mol. The van der Waals surface area contributed by atoms with Crippen LogP contribution < -0.4 is 10.6 Å². The SMILES string of the molecule is CCCC(C)(C)NCc1cccc2c1NCCC2. The van der Waals surface area contributed by atoms with Gasteiger partial charge in [-0.2, -0.15) is 0 Å². The highest BCUT2D eigenvalue weighted by atomic mass is 15.0. The summed E-state index contributed by atoms with van der Waals surface area (Å²) in [6.07, 6.45) is 4.92. The lowest BCUT2D eigenvalue weighted by Crippen LogP contribution is -2.38. The van der Waals surface area contributed by atoms with Gasteiger partial charge in [0.2, 0.25) is 0 Å². The number of hydrogen-bond donors (Lipinski definition) is 2. The fourth-order valence-electron chi connectivity index (χ4n) is 2.78. The third kappa shape index (κ3) is 3.26. The summed E-state index contributed by atoms with van der Waals surface area (Å²) in [6.45, 7) is 8.90. The van der Waals surface area contributed by atoms with Crippen LogP contribution in [0.25, 0.3) is 0 Å². The number of aryl methyl sites for hydroxylation is 1. The van der Waals surface area contributed by atoms with Crippen molar-refractivity contribution in [3.8, 4) is 0 Å². The van der Waals surface area contributed by atoms with E-state index in [0.29, 0.717) is 0 Å². The average molecular weight is 246 g/mol. The smallest absolute Gasteiger partial charge is 0.0418 e. The predicted molar refractivity (Wildman–Crippen MR) is 79.1 cm³/mol. The van der Waals surface area contributed by atoms with Gasteiger partial charge in [-0.3, -0.25) is 0 Å². The minimum Gasteiger partial charge on any atom is -0.385 e. The van der Waals surface area contributed by atoms with E-state index < -0.39 is 0 Å². The van der Waals surface area contributed by atoms with Crippen LogP contribution in [0.15, 0.2) is 18.2 Å². The fourth-order valence-corrected chi connectivity index (χ4v) is 2.78. The maximum atomic E-state index is 3.69. The summed E-state index contributed by atoms with van der Waals surface area (Å²) in [5, 5.41) is 7.25. The number of para-hydroxylation sites is 1. The highest BCUT2D eigenvalue weighted by Crippen LogP contribution is 2.26. The van der Waals surface area contributed by atoms with Crippen LogP contribution >= 0.6 is 0 Å². The summed E-state index contributed by atoms with van der Waals surface area (Å²) in [5.41, 5.74) is 4.50. The molecule has 2 heteroatoms. The van der Waals surface area contributed by atoms with Gasteiger partial charge in [0, 0.05) is 24.3 Å². The van der Waals surface area contributed by atoms with E-state index in [1.807, 2.05) is 0 Å². The van der Waals surface area contributed by atoms with E-state index in [0.717, 1.165) is 13.1 Å². The number of anilines is 1. The molecule has 0 fully saturated rings. The first-order chi connectivity index (χ1) is 8.62. The molecule has 2 rings (SSSR count). The number of rotatable bonds is 5. The van der Waals surface area contributed by atoms with Crippen LogP contribution in [-0.2, 0) is 13.0 Å². The van der Waals surface area contributed by atoms with Crippen molar-refractivity contribution in [3.63, 3.8) is 0 Å². The van der Waals surface area contributed by atoms with Crippen molar-refractivity contribution in [2.75, 3.05) is 11.9 Å². The van der Waals surface area contributed by atoms with Crippen molar-refractivity contribution in [2.45, 2.75) is 58.5 Å². The summed E-state index contributed by atoms with van der Waals surface area (Å²) < 4.78 is 0. The Morgan fingerprint density at radius 3 is 2.94 bits per heavy atom. The summed E-state index contributed by atoms with van der Waals surface area (Å²) in [7, 11) is 0. The van der Waals surface area contributed by atoms with Gasteiger partial charge in [0.1, 0.15) is 0 Å². The highest BCUT2D eigenvalue weighted by molar-refractivity contribution is 5.59. The van der Waals surface area contributed by atoms with Crippen molar-refractivity contribution >= 4 is 5.69 Å². The molecule has 1 aromatic rings. The topological polar surface area (TPSA) is 24.1 Å². The molecule has 0 aromatic heterocycles. The van der Waals surface area contributed by atoms with E-state index in [4.69, 9.17) is 0 Å². The van der Waals surface area contributed by atoms with Crippen molar-refractivity contribution in [3.05, 3.63) is 29.3 Å². The van der Waals surface area contributed by atoms with E-state index in [-0.39, 0.29) is 5.54 Å². The van der Waals surface area contributed by atoms with Crippen LogP contribution in [-0.4, -0.2) is 12.1 Å². The van der Waals surface area contributed by atoms with Crippen molar-refractivity contribution in [1.82, 2.24) is 5.32 Å². The van der Waals surface area contributed by atoms with Gasteiger partial charge in [-0.05, 0) is 44.2 Å². The van der Waals surface area contributed by atoms with Gasteiger partial charge in [-0.15, -0.1) is 0 Å². The van der Waals surface area contributed by atoms with Crippen molar-refractivity contribution in [2.24, 2.45) is 0 Å². The maximum absolute atomic E-state index is 3.69. The van der Waals surface area contributed by atoms with Crippen LogP contribution in [0, 0.1) is 0 Å². The first-order valence-electron chi connectivity index (χ1n) is 7.22. The van der Waals surface area contributed by atoms with Crippen LogP contribution in [0.3, 0.4) is 0 Å². The fraction of sp³-hybridized carbons (Fsp3) is 0.625. The van der Waals surface area contributed by atoms with E-state index >= 15 is 0 Å². The lowest BCUT2D eigenvalue weighted by atomic mass is 9.96. The normalized spacial score (nSPS) is 15.1. The van der Waals surface area contributed by atoms with Crippen LogP contribution in [0.1, 0.15) is 51.2 Å². The number of fused-ring (bicyclic) bond motifs is 1. The summed E-state index contributed by atoms with van der Waals surface area (Å²) in [4.78, 5) is 0. The maximum Gasteiger partial charge on any atom is 0.0418 e.